The first-order chi connectivity index (χ1) is 19.7. The molecule has 5 N–H and O–H groups in total. The number of nitrogens with one attached hydrogen (secondary N) is 2. The highest BCUT2D eigenvalue weighted by molar-refractivity contribution is 6.05. The molecule has 5 aromatic rings. The Bertz CT molecular complexity index is 1660. The Hall–Kier alpha value is -5.16. The zero-order valence-corrected chi connectivity index (χ0v) is 23.0. The van der Waals surface area contributed by atoms with Gasteiger partial charge >= 0.3 is 0 Å². The average Bonchev–Trinajstić information content (AvgIpc) is 3.45. The van der Waals surface area contributed by atoms with Crippen LogP contribution in [0.3, 0.4) is 0 Å². The van der Waals surface area contributed by atoms with E-state index in [1.807, 2.05) is 36.4 Å². The smallest absolute Gasteiger partial charge is 0.255 e. The molecule has 0 saturated heterocycles. The van der Waals surface area contributed by atoms with Crippen molar-refractivity contribution in [3.05, 3.63) is 102 Å². The van der Waals surface area contributed by atoms with Crippen LogP contribution in [0, 0.1) is 0 Å². The number of amides is 1. The van der Waals surface area contributed by atoms with E-state index in [0.717, 1.165) is 16.8 Å². The third-order valence-electron chi connectivity index (χ3n) is 6.48. The number of hydrogen-bond acceptors (Lipinski definition) is 9. The molecule has 5 rings (SSSR count). The number of rotatable bonds is 8. The van der Waals surface area contributed by atoms with E-state index in [1.165, 1.54) is 6.33 Å². The van der Waals surface area contributed by atoms with E-state index in [2.05, 4.69) is 56.4 Å². The lowest BCUT2D eigenvalue weighted by atomic mass is 9.86. The maximum atomic E-state index is 13.1. The van der Waals surface area contributed by atoms with Gasteiger partial charge in [0.15, 0.2) is 5.82 Å². The normalized spacial score (nSPS) is 11.3. The van der Waals surface area contributed by atoms with Crippen molar-refractivity contribution in [2.45, 2.75) is 39.3 Å². The van der Waals surface area contributed by atoms with Gasteiger partial charge in [0.25, 0.3) is 5.91 Å². The molecule has 2 aromatic heterocycles. The lowest BCUT2D eigenvalue weighted by Crippen LogP contribution is -2.15. The summed E-state index contributed by atoms with van der Waals surface area (Å²) in [6.45, 7) is 6.56. The minimum Gasteiger partial charge on any atom is -0.392 e. The number of carbonyl (C=O) groups excluding carboxylic acids is 1. The van der Waals surface area contributed by atoms with E-state index in [4.69, 9.17) is 5.73 Å². The number of aromatic nitrogens is 6. The van der Waals surface area contributed by atoms with Gasteiger partial charge in [-0.3, -0.25) is 4.79 Å². The van der Waals surface area contributed by atoms with Crippen molar-refractivity contribution in [3.63, 3.8) is 0 Å². The van der Waals surface area contributed by atoms with Crippen molar-refractivity contribution in [1.82, 2.24) is 29.7 Å². The molecule has 0 aliphatic heterocycles. The van der Waals surface area contributed by atoms with Gasteiger partial charge in [-0.1, -0.05) is 57.2 Å². The van der Waals surface area contributed by atoms with Crippen molar-refractivity contribution >= 4 is 29.2 Å². The molecule has 0 spiro atoms. The first-order valence-corrected chi connectivity index (χ1v) is 13.0. The molecule has 0 bridgehead atoms. The molecule has 0 aliphatic rings. The van der Waals surface area contributed by atoms with Crippen LogP contribution in [0.25, 0.3) is 11.4 Å². The van der Waals surface area contributed by atoms with Gasteiger partial charge in [0.2, 0.25) is 11.9 Å². The summed E-state index contributed by atoms with van der Waals surface area (Å²) >= 11 is 0. The highest BCUT2D eigenvalue weighted by atomic mass is 16.3. The number of carbonyl (C=O) groups is 1. The highest BCUT2D eigenvalue weighted by Crippen LogP contribution is 2.29. The Morgan fingerprint density at radius 2 is 1.78 bits per heavy atom. The van der Waals surface area contributed by atoms with Crippen LogP contribution in [-0.2, 0) is 18.6 Å². The number of nitrogen functional groups attached to an aromatic ring is 1. The number of nitrogens with zero attached hydrogens (tertiary/aromatic N) is 6. The van der Waals surface area contributed by atoms with Gasteiger partial charge in [-0.15, -0.1) is 0 Å². The van der Waals surface area contributed by atoms with E-state index < -0.39 is 0 Å². The summed E-state index contributed by atoms with van der Waals surface area (Å²) in [4.78, 5) is 30.1. The molecule has 208 valence electrons. The number of nitrogens with two attached hydrogens (primary N) is 1. The van der Waals surface area contributed by atoms with E-state index in [0.29, 0.717) is 28.9 Å². The molecule has 0 aliphatic carbocycles. The number of hydrogen-bond donors (Lipinski definition) is 4. The van der Waals surface area contributed by atoms with Gasteiger partial charge in [-0.05, 0) is 46.9 Å². The maximum Gasteiger partial charge on any atom is 0.255 e. The Morgan fingerprint density at radius 3 is 2.49 bits per heavy atom. The van der Waals surface area contributed by atoms with Gasteiger partial charge in [-0.2, -0.15) is 20.1 Å². The highest BCUT2D eigenvalue weighted by Gasteiger charge is 2.18. The van der Waals surface area contributed by atoms with Gasteiger partial charge in [-0.25, -0.2) is 9.67 Å². The Kier molecular flexibility index (Phi) is 7.70. The van der Waals surface area contributed by atoms with Gasteiger partial charge in [0, 0.05) is 28.1 Å². The van der Waals surface area contributed by atoms with Crippen LogP contribution in [0.1, 0.15) is 47.8 Å². The third kappa shape index (κ3) is 6.53. The molecule has 41 heavy (non-hydrogen) atoms. The Labute approximate surface area is 237 Å². The third-order valence-corrected chi connectivity index (χ3v) is 6.48. The lowest BCUT2D eigenvalue weighted by molar-refractivity contribution is 0.102. The first kappa shape index (κ1) is 27.4. The molecule has 2 heterocycles. The summed E-state index contributed by atoms with van der Waals surface area (Å²) in [6.07, 6.45) is 3.14. The van der Waals surface area contributed by atoms with Crippen LogP contribution in [-0.4, -0.2) is 40.7 Å². The SMILES string of the molecule is CC(C)(C)c1ccc(C(=O)Nc2cccc(-c3nc(N)nc(Nc4cccc(Cn5cncn5)c4)n3)c2CO)cc1. The summed E-state index contributed by atoms with van der Waals surface area (Å²) in [7, 11) is 0. The number of aliphatic hydroxyl groups excluding tert-OH is 1. The zero-order valence-electron chi connectivity index (χ0n) is 23.0. The van der Waals surface area contributed by atoms with E-state index in [-0.39, 0.29) is 35.7 Å². The van der Waals surface area contributed by atoms with Crippen LogP contribution >= 0.6 is 0 Å². The molecule has 0 radical (unpaired) electrons. The molecule has 3 aromatic carbocycles. The van der Waals surface area contributed by atoms with Crippen LogP contribution in [0.5, 0.6) is 0 Å². The van der Waals surface area contributed by atoms with Crippen LogP contribution < -0.4 is 16.4 Å². The van der Waals surface area contributed by atoms with Crippen molar-refractivity contribution < 1.29 is 9.90 Å². The minimum absolute atomic E-state index is 0.00790. The van der Waals surface area contributed by atoms with Crippen molar-refractivity contribution in [2.24, 2.45) is 0 Å². The van der Waals surface area contributed by atoms with Crippen LogP contribution in [0.4, 0.5) is 23.3 Å². The monoisotopic (exact) mass is 549 g/mol. The molecule has 0 atom stereocenters. The number of benzene rings is 3. The number of aliphatic hydroxyl groups is 1. The predicted molar refractivity (Wildman–Crippen MR) is 158 cm³/mol. The molecule has 1 amide bonds. The molecule has 11 nitrogen and oxygen atoms in total. The maximum absolute atomic E-state index is 13.1. The fourth-order valence-corrected chi connectivity index (χ4v) is 4.35. The zero-order chi connectivity index (χ0) is 29.0. The van der Waals surface area contributed by atoms with Crippen LogP contribution in [0.2, 0.25) is 0 Å². The quantitative estimate of drug-likeness (QED) is 0.218. The second-order valence-electron chi connectivity index (χ2n) is 10.5. The van der Waals surface area contributed by atoms with Gasteiger partial charge < -0.3 is 21.5 Å². The second-order valence-corrected chi connectivity index (χ2v) is 10.5. The standard InChI is InChI=1S/C30H31N9O2/c1-30(2,3)21-12-10-20(11-13-21)27(41)35-25-9-5-8-23(24(25)16-40)26-36-28(31)38-29(37-26)34-22-7-4-6-19(14-22)15-39-18-32-17-33-39/h4-14,17-18,40H,15-16H2,1-3H3,(H,35,41)(H3,31,34,36,37,38). The number of anilines is 4. The van der Waals surface area contributed by atoms with Crippen molar-refractivity contribution in [1.29, 1.82) is 0 Å². The molecule has 0 saturated carbocycles. The largest absolute Gasteiger partial charge is 0.392 e. The van der Waals surface area contributed by atoms with E-state index in [1.54, 1.807) is 41.3 Å². The van der Waals surface area contributed by atoms with E-state index >= 15 is 0 Å². The van der Waals surface area contributed by atoms with Crippen molar-refractivity contribution in [2.75, 3.05) is 16.4 Å². The second kappa shape index (κ2) is 11.5. The van der Waals surface area contributed by atoms with Crippen LogP contribution in [0.15, 0.2) is 79.4 Å². The summed E-state index contributed by atoms with van der Waals surface area (Å²) < 4.78 is 1.72. The molecule has 11 heteroatoms. The Balaban J connectivity index is 1.39. The fraction of sp³-hybridized carbons (Fsp3) is 0.200. The van der Waals surface area contributed by atoms with Gasteiger partial charge in [0.1, 0.15) is 12.7 Å². The Morgan fingerprint density at radius 1 is 1.00 bits per heavy atom. The summed E-state index contributed by atoms with van der Waals surface area (Å²) in [5.41, 5.74) is 10.8. The summed E-state index contributed by atoms with van der Waals surface area (Å²) in [5, 5.41) is 20.5. The summed E-state index contributed by atoms with van der Waals surface area (Å²) in [6, 6.07) is 20.5. The topological polar surface area (TPSA) is 157 Å². The molecule has 0 unspecified atom stereocenters. The lowest BCUT2D eigenvalue weighted by Gasteiger charge is -2.19. The molecular weight excluding hydrogens is 518 g/mol. The first-order valence-electron chi connectivity index (χ1n) is 13.0. The molecular formula is C30H31N9O2. The minimum atomic E-state index is -0.354. The molecule has 0 fully saturated rings. The van der Waals surface area contributed by atoms with Crippen molar-refractivity contribution in [3.8, 4) is 11.4 Å². The fourth-order valence-electron chi connectivity index (χ4n) is 4.35. The van der Waals surface area contributed by atoms with Gasteiger partial charge in [0.05, 0.1) is 13.2 Å². The van der Waals surface area contributed by atoms with E-state index in [9.17, 15) is 9.90 Å². The average molecular weight is 550 g/mol. The predicted octanol–water partition coefficient (Wildman–Crippen LogP) is 4.55. The summed E-state index contributed by atoms with van der Waals surface area (Å²) in [5.74, 6) is 0.213.